The number of aromatic amines is 1. The number of amides is 2. The fraction of sp³-hybridized carbons (Fsp3) is 0.361. The zero-order valence-corrected chi connectivity index (χ0v) is 28.6. The van der Waals surface area contributed by atoms with Gasteiger partial charge in [0.15, 0.2) is 11.5 Å². The Morgan fingerprint density at radius 3 is 2.60 bits per heavy atom. The molecule has 11 heteroatoms. The number of nitrogens with zero attached hydrogens (tertiary/aromatic N) is 1. The van der Waals surface area contributed by atoms with E-state index in [1.54, 1.807) is 33.5 Å². The average Bonchev–Trinajstić information content (AvgIpc) is 3.29. The summed E-state index contributed by atoms with van der Waals surface area (Å²) in [5.41, 5.74) is 6.88. The van der Waals surface area contributed by atoms with Crippen LogP contribution < -0.4 is 30.3 Å². The zero-order valence-electron chi connectivity index (χ0n) is 27.1. The van der Waals surface area contributed by atoms with Gasteiger partial charge in [-0.25, -0.2) is 0 Å². The van der Waals surface area contributed by atoms with Crippen molar-refractivity contribution in [1.82, 2.24) is 15.2 Å². The summed E-state index contributed by atoms with van der Waals surface area (Å²) >= 11 is 3.62. The SMILES string of the molecule is COc1cc2c(c(OC)c1OC)-c1ccc(NCCCC(=O)N3CCc4[nH]c5c(Br)cccc5c4C3)c(=O)cc1[C@H](NC(C)=O)CC2. The lowest BCUT2D eigenvalue weighted by molar-refractivity contribution is -0.132. The van der Waals surface area contributed by atoms with Crippen LogP contribution in [0.4, 0.5) is 5.69 Å². The summed E-state index contributed by atoms with van der Waals surface area (Å²) in [6.07, 6.45) is 2.94. The van der Waals surface area contributed by atoms with Crippen LogP contribution in [0.5, 0.6) is 17.2 Å². The van der Waals surface area contributed by atoms with Crippen LogP contribution in [0.25, 0.3) is 22.0 Å². The second-order valence-electron chi connectivity index (χ2n) is 11.9. The molecule has 1 aliphatic heterocycles. The van der Waals surface area contributed by atoms with E-state index in [-0.39, 0.29) is 23.3 Å². The fourth-order valence-electron chi connectivity index (χ4n) is 6.89. The smallest absolute Gasteiger partial charge is 0.222 e. The highest BCUT2D eigenvalue weighted by atomic mass is 79.9. The number of hydrogen-bond donors (Lipinski definition) is 3. The molecule has 4 aromatic rings. The molecule has 0 fully saturated rings. The number of rotatable bonds is 9. The van der Waals surface area contributed by atoms with Crippen molar-refractivity contribution in [2.24, 2.45) is 0 Å². The molecule has 0 unspecified atom stereocenters. The van der Waals surface area contributed by atoms with Gasteiger partial charge in [-0.1, -0.05) is 18.2 Å². The number of ether oxygens (including phenoxy) is 3. The van der Waals surface area contributed by atoms with Crippen LogP contribution in [0.3, 0.4) is 0 Å². The van der Waals surface area contributed by atoms with Gasteiger partial charge >= 0.3 is 0 Å². The lowest BCUT2D eigenvalue weighted by Gasteiger charge is -2.27. The van der Waals surface area contributed by atoms with Gasteiger partial charge in [0.1, 0.15) is 0 Å². The Morgan fingerprint density at radius 2 is 1.85 bits per heavy atom. The van der Waals surface area contributed by atoms with Crippen molar-refractivity contribution in [3.05, 3.63) is 79.5 Å². The Balaban J connectivity index is 1.21. The van der Waals surface area contributed by atoms with Gasteiger partial charge in [0.25, 0.3) is 0 Å². The molecule has 0 saturated carbocycles. The number of nitrogens with one attached hydrogen (secondary N) is 3. The molecule has 1 aromatic heterocycles. The highest BCUT2D eigenvalue weighted by molar-refractivity contribution is 9.10. The molecular weight excluding hydrogens is 664 g/mol. The number of methoxy groups -OCH3 is 3. The first kappa shape index (κ1) is 32.4. The summed E-state index contributed by atoms with van der Waals surface area (Å²) in [6.45, 7) is 3.18. The Bertz CT molecular complexity index is 1920. The number of aryl methyl sites for hydroxylation is 1. The first-order valence-corrected chi connectivity index (χ1v) is 16.6. The standard InChI is InChI=1S/C36H39BrN4O6/c1-20(42)39-27-12-10-21-17-31(45-2)35(46-3)36(47-4)33(21)22-11-13-29(30(43)18-24(22)27)38-15-6-9-32(44)41-16-14-28-25(19-41)23-7-5-8-26(37)34(23)40-28/h5,7-8,11,13,17-18,27,40H,6,9-10,12,14-16,19H2,1-4H3,(H,38,43)(H,39,42)/t27-/m1/s1. The third-order valence-corrected chi connectivity index (χ3v) is 9.77. The molecule has 2 aliphatic rings. The van der Waals surface area contributed by atoms with Crippen molar-refractivity contribution in [2.45, 2.75) is 51.6 Å². The summed E-state index contributed by atoms with van der Waals surface area (Å²) in [5.74, 6) is 1.42. The molecule has 2 heterocycles. The zero-order chi connectivity index (χ0) is 33.2. The number of aromatic nitrogens is 1. The van der Waals surface area contributed by atoms with Crippen LogP contribution >= 0.6 is 15.9 Å². The number of para-hydroxylation sites is 1. The molecule has 0 radical (unpaired) electrons. The van der Waals surface area contributed by atoms with Gasteiger partial charge in [0, 0.05) is 66.1 Å². The van der Waals surface area contributed by atoms with E-state index >= 15 is 0 Å². The second-order valence-corrected chi connectivity index (χ2v) is 12.8. The number of benzene rings is 2. The highest BCUT2D eigenvalue weighted by Crippen LogP contribution is 2.50. The summed E-state index contributed by atoms with van der Waals surface area (Å²) in [4.78, 5) is 44.5. The predicted molar refractivity (Wildman–Crippen MR) is 186 cm³/mol. The molecule has 10 nitrogen and oxygen atoms in total. The van der Waals surface area contributed by atoms with E-state index in [1.165, 1.54) is 18.2 Å². The largest absolute Gasteiger partial charge is 0.493 e. The third kappa shape index (κ3) is 6.28. The lowest BCUT2D eigenvalue weighted by atomic mass is 9.95. The number of carbonyl (C=O) groups excluding carboxylic acids is 2. The van der Waals surface area contributed by atoms with Gasteiger partial charge in [0.2, 0.25) is 23.0 Å². The van der Waals surface area contributed by atoms with Crippen LogP contribution in [0.2, 0.25) is 0 Å². The molecule has 0 saturated heterocycles. The maximum atomic E-state index is 13.6. The van der Waals surface area contributed by atoms with Crippen LogP contribution in [0.1, 0.15) is 54.6 Å². The number of fused-ring (bicyclic) bond motifs is 6. The van der Waals surface area contributed by atoms with Crippen LogP contribution in [-0.4, -0.2) is 56.1 Å². The predicted octanol–water partition coefficient (Wildman–Crippen LogP) is 5.88. The molecule has 0 bridgehead atoms. The topological polar surface area (TPSA) is 122 Å². The van der Waals surface area contributed by atoms with E-state index in [9.17, 15) is 14.4 Å². The van der Waals surface area contributed by atoms with Crippen molar-refractivity contribution < 1.29 is 23.8 Å². The van der Waals surface area contributed by atoms with Crippen LogP contribution in [0.15, 0.2) is 51.7 Å². The molecule has 1 atom stereocenters. The third-order valence-electron chi connectivity index (χ3n) is 9.11. The van der Waals surface area contributed by atoms with Gasteiger partial charge in [-0.15, -0.1) is 0 Å². The van der Waals surface area contributed by atoms with Crippen molar-refractivity contribution >= 4 is 44.3 Å². The first-order valence-electron chi connectivity index (χ1n) is 15.8. The molecule has 0 spiro atoms. The van der Waals surface area contributed by atoms with Gasteiger partial charge in [-0.3, -0.25) is 14.4 Å². The van der Waals surface area contributed by atoms with Crippen molar-refractivity contribution in [1.29, 1.82) is 0 Å². The van der Waals surface area contributed by atoms with Crippen LogP contribution in [0, 0.1) is 0 Å². The van der Waals surface area contributed by atoms with Gasteiger partial charge in [-0.2, -0.15) is 0 Å². The number of carbonyl (C=O) groups is 2. The molecule has 246 valence electrons. The Hall–Kier alpha value is -4.51. The first-order chi connectivity index (χ1) is 22.7. The number of H-pyrrole nitrogens is 1. The second kappa shape index (κ2) is 13.7. The van der Waals surface area contributed by atoms with E-state index in [0.29, 0.717) is 73.8 Å². The molecule has 3 N–H and O–H groups in total. The Labute approximate surface area is 281 Å². The Morgan fingerprint density at radius 1 is 1.04 bits per heavy atom. The average molecular weight is 704 g/mol. The summed E-state index contributed by atoms with van der Waals surface area (Å²) in [5, 5.41) is 7.44. The molecule has 47 heavy (non-hydrogen) atoms. The summed E-state index contributed by atoms with van der Waals surface area (Å²) in [6, 6.07) is 12.9. The maximum Gasteiger partial charge on any atom is 0.222 e. The van der Waals surface area contributed by atoms with E-state index in [4.69, 9.17) is 14.2 Å². The number of anilines is 1. The quantitative estimate of drug-likeness (QED) is 0.186. The van der Waals surface area contributed by atoms with Crippen molar-refractivity contribution in [2.75, 3.05) is 39.7 Å². The minimum Gasteiger partial charge on any atom is -0.493 e. The minimum atomic E-state index is -0.384. The number of halogens is 1. The normalized spacial score (nSPS) is 15.2. The molecule has 6 rings (SSSR count). The minimum absolute atomic E-state index is 0.0979. The van der Waals surface area contributed by atoms with Gasteiger partial charge < -0.3 is 34.7 Å². The van der Waals surface area contributed by atoms with E-state index < -0.39 is 0 Å². The molecular formula is C36H39BrN4O6. The summed E-state index contributed by atoms with van der Waals surface area (Å²) in [7, 11) is 4.71. The van der Waals surface area contributed by atoms with Crippen molar-refractivity contribution in [3.63, 3.8) is 0 Å². The lowest BCUT2D eigenvalue weighted by Crippen LogP contribution is -2.35. The molecule has 2 amide bonds. The van der Waals surface area contributed by atoms with Crippen molar-refractivity contribution in [3.8, 4) is 28.4 Å². The maximum absolute atomic E-state index is 13.6. The van der Waals surface area contributed by atoms with Crippen LogP contribution in [-0.2, 0) is 29.0 Å². The molecule has 1 aliphatic carbocycles. The van der Waals surface area contributed by atoms with E-state index in [1.807, 2.05) is 29.2 Å². The monoisotopic (exact) mass is 702 g/mol. The van der Waals surface area contributed by atoms with E-state index in [0.717, 1.165) is 38.5 Å². The Kier molecular flexibility index (Phi) is 9.45. The number of hydrogen-bond acceptors (Lipinski definition) is 7. The fourth-order valence-corrected chi connectivity index (χ4v) is 7.35. The van der Waals surface area contributed by atoms with Gasteiger partial charge in [-0.05, 0) is 76.1 Å². The van der Waals surface area contributed by atoms with Gasteiger partial charge in [0.05, 0.1) is 38.6 Å². The summed E-state index contributed by atoms with van der Waals surface area (Å²) < 4.78 is 18.2. The molecule has 3 aromatic carbocycles. The van der Waals surface area contributed by atoms with E-state index in [2.05, 4.69) is 37.6 Å². The highest BCUT2D eigenvalue weighted by Gasteiger charge is 2.30.